The van der Waals surface area contributed by atoms with E-state index < -0.39 is 18.1 Å². The first-order valence-corrected chi connectivity index (χ1v) is 28.7. The molecular formula is C58H111NO7. The van der Waals surface area contributed by atoms with Gasteiger partial charge in [0.2, 0.25) is 0 Å². The minimum atomic E-state index is -1.12. The second kappa shape index (κ2) is 49.5. The number of allylic oxidation sites excluding steroid dienone is 2. The molecule has 0 saturated heterocycles. The number of carbonyl (C=O) groups is 3. The van der Waals surface area contributed by atoms with Crippen molar-refractivity contribution < 1.29 is 38.2 Å². The van der Waals surface area contributed by atoms with Crippen molar-refractivity contribution in [1.29, 1.82) is 0 Å². The molecule has 0 aliphatic heterocycles. The molecule has 0 aliphatic rings. The molecule has 0 fully saturated rings. The highest BCUT2D eigenvalue weighted by molar-refractivity contribution is 5.70. The van der Waals surface area contributed by atoms with Gasteiger partial charge in [0.15, 0.2) is 6.10 Å². The molecule has 0 aromatic heterocycles. The van der Waals surface area contributed by atoms with Crippen molar-refractivity contribution >= 4 is 17.9 Å². The van der Waals surface area contributed by atoms with Gasteiger partial charge in [-0.15, -0.1) is 0 Å². The summed E-state index contributed by atoms with van der Waals surface area (Å²) in [6.45, 7) is 4.72. The number of hydrogen-bond acceptors (Lipinski definition) is 7. The highest BCUT2D eigenvalue weighted by Crippen LogP contribution is 2.17. The van der Waals surface area contributed by atoms with Crippen LogP contribution in [0.25, 0.3) is 0 Å². The second-order valence-corrected chi connectivity index (χ2v) is 20.9. The molecule has 0 spiro atoms. The van der Waals surface area contributed by atoms with Gasteiger partial charge >= 0.3 is 11.9 Å². The normalized spacial score (nSPS) is 12.8. The van der Waals surface area contributed by atoms with Crippen molar-refractivity contribution in [2.24, 2.45) is 0 Å². The topological polar surface area (TPSA) is 102 Å². The number of carboxylic acids is 1. The first-order chi connectivity index (χ1) is 32.1. The smallest absolute Gasteiger partial charge is 0.306 e. The maximum absolute atomic E-state index is 12.8. The third-order valence-corrected chi connectivity index (χ3v) is 13.4. The van der Waals surface area contributed by atoms with Crippen LogP contribution in [-0.4, -0.2) is 75.5 Å². The van der Waals surface area contributed by atoms with Crippen LogP contribution in [0.1, 0.15) is 290 Å². The number of rotatable bonds is 53. The quantitative estimate of drug-likeness (QED) is 0.0259. The molecular weight excluding hydrogens is 823 g/mol. The van der Waals surface area contributed by atoms with Crippen molar-refractivity contribution in [3.63, 3.8) is 0 Å². The minimum absolute atomic E-state index is 0.0454. The monoisotopic (exact) mass is 934 g/mol. The van der Waals surface area contributed by atoms with E-state index in [2.05, 4.69) is 26.0 Å². The van der Waals surface area contributed by atoms with Gasteiger partial charge in [-0.3, -0.25) is 9.59 Å². The number of nitrogens with zero attached hydrogens (tertiary/aromatic N) is 1. The van der Waals surface area contributed by atoms with Crippen LogP contribution in [0.15, 0.2) is 12.2 Å². The van der Waals surface area contributed by atoms with Gasteiger partial charge in [-0.05, 0) is 38.5 Å². The predicted molar refractivity (Wildman–Crippen MR) is 278 cm³/mol. The summed E-state index contributed by atoms with van der Waals surface area (Å²) in [5, 5.41) is 11.7. The molecule has 0 radical (unpaired) electrons. The van der Waals surface area contributed by atoms with Gasteiger partial charge in [0.25, 0.3) is 0 Å². The standard InChI is InChI=1S/C58H111NO7/c1-6-8-10-12-14-16-18-20-22-24-26-27-28-29-30-31-33-34-36-38-40-42-44-46-48-56(60)65-53-54(52-64-51-50-55(58(62)63)59(3,4)5)66-57(61)49-47-45-43-41-39-37-35-32-25-23-21-19-17-15-13-11-9-7-2/h23,25,54-55H,6-22,24,26-53H2,1-5H3/b25-23-. The number of carbonyl (C=O) groups excluding carboxylic acids is 3. The van der Waals surface area contributed by atoms with Crippen molar-refractivity contribution in [3.05, 3.63) is 12.2 Å². The lowest BCUT2D eigenvalue weighted by atomic mass is 10.0. The Morgan fingerprint density at radius 1 is 0.439 bits per heavy atom. The zero-order valence-electron chi connectivity index (χ0n) is 44.6. The van der Waals surface area contributed by atoms with Gasteiger partial charge in [0.05, 0.1) is 40.3 Å². The molecule has 8 heteroatoms. The number of hydrogen-bond donors (Lipinski definition) is 0. The van der Waals surface area contributed by atoms with Crippen LogP contribution in [0.3, 0.4) is 0 Å². The largest absolute Gasteiger partial charge is 0.544 e. The summed E-state index contributed by atoms with van der Waals surface area (Å²) in [6.07, 6.45) is 56.8. The molecule has 0 amide bonds. The molecule has 0 N–H and O–H groups in total. The third kappa shape index (κ3) is 47.1. The van der Waals surface area contributed by atoms with E-state index in [1.54, 1.807) is 0 Å². The molecule has 0 aromatic carbocycles. The molecule has 2 unspecified atom stereocenters. The van der Waals surface area contributed by atoms with Crippen LogP contribution in [0.4, 0.5) is 0 Å². The molecule has 0 saturated carbocycles. The van der Waals surface area contributed by atoms with Crippen LogP contribution in [0.5, 0.6) is 0 Å². The van der Waals surface area contributed by atoms with Gasteiger partial charge in [-0.25, -0.2) is 0 Å². The molecule has 0 aromatic rings. The summed E-state index contributed by atoms with van der Waals surface area (Å²) in [4.78, 5) is 37.1. The lowest BCUT2D eigenvalue weighted by Crippen LogP contribution is -2.55. The number of aliphatic carboxylic acids is 1. The second-order valence-electron chi connectivity index (χ2n) is 20.9. The number of unbranched alkanes of at least 4 members (excludes halogenated alkanes) is 37. The van der Waals surface area contributed by atoms with Crippen LogP contribution >= 0.6 is 0 Å². The van der Waals surface area contributed by atoms with Crippen LogP contribution in [0.2, 0.25) is 0 Å². The predicted octanol–water partition coefficient (Wildman–Crippen LogP) is 15.7. The first kappa shape index (κ1) is 64.1. The number of ether oxygens (including phenoxy) is 3. The molecule has 2 atom stereocenters. The third-order valence-electron chi connectivity index (χ3n) is 13.4. The lowest BCUT2D eigenvalue weighted by molar-refractivity contribution is -0.889. The number of esters is 2. The van der Waals surface area contributed by atoms with Crippen LogP contribution < -0.4 is 5.11 Å². The summed E-state index contributed by atoms with van der Waals surface area (Å²) in [6, 6.07) is -0.723. The van der Waals surface area contributed by atoms with Crippen molar-refractivity contribution in [3.8, 4) is 0 Å². The van der Waals surface area contributed by atoms with Gasteiger partial charge in [-0.1, -0.05) is 244 Å². The SMILES string of the molecule is CCCCCCCCC/C=C\CCCCCCCCCC(=O)OC(COCCC(C(=O)[O-])[N+](C)(C)C)COC(=O)CCCCCCCCCCCCCCCCCCCCCCCCCC. The summed E-state index contributed by atoms with van der Waals surface area (Å²) < 4.78 is 17.3. The lowest BCUT2D eigenvalue weighted by Gasteiger charge is -2.34. The Labute approximate surface area is 409 Å². The van der Waals surface area contributed by atoms with E-state index in [1.807, 2.05) is 21.1 Å². The van der Waals surface area contributed by atoms with E-state index >= 15 is 0 Å². The first-order valence-electron chi connectivity index (χ1n) is 28.7. The van der Waals surface area contributed by atoms with Gasteiger partial charge < -0.3 is 28.6 Å². The summed E-state index contributed by atoms with van der Waals surface area (Å²) in [7, 11) is 5.43. The summed E-state index contributed by atoms with van der Waals surface area (Å²) in [5.74, 6) is -1.71. The number of carboxylic acid groups (broad SMARTS) is 1. The van der Waals surface area contributed by atoms with E-state index in [9.17, 15) is 19.5 Å². The molecule has 8 nitrogen and oxygen atoms in total. The van der Waals surface area contributed by atoms with E-state index in [4.69, 9.17) is 14.2 Å². The molecule has 0 aliphatic carbocycles. The molecule has 0 rings (SSSR count). The Morgan fingerprint density at radius 3 is 1.09 bits per heavy atom. The highest BCUT2D eigenvalue weighted by atomic mass is 16.6. The average molecular weight is 935 g/mol. The Hall–Kier alpha value is -1.93. The van der Waals surface area contributed by atoms with Crippen LogP contribution in [-0.2, 0) is 28.6 Å². The Kier molecular flexibility index (Phi) is 48.0. The van der Waals surface area contributed by atoms with E-state index in [-0.39, 0.29) is 42.7 Å². The fourth-order valence-corrected chi connectivity index (χ4v) is 8.95. The Morgan fingerprint density at radius 2 is 0.758 bits per heavy atom. The Balaban J connectivity index is 4.11. The summed E-state index contributed by atoms with van der Waals surface area (Å²) >= 11 is 0. The molecule has 0 heterocycles. The molecule has 66 heavy (non-hydrogen) atoms. The van der Waals surface area contributed by atoms with E-state index in [0.717, 1.165) is 38.5 Å². The molecule has 390 valence electrons. The maximum atomic E-state index is 12.8. The van der Waals surface area contributed by atoms with E-state index in [0.29, 0.717) is 12.8 Å². The maximum Gasteiger partial charge on any atom is 0.306 e. The van der Waals surface area contributed by atoms with Crippen molar-refractivity contribution in [1.82, 2.24) is 0 Å². The van der Waals surface area contributed by atoms with Gasteiger partial charge in [0.1, 0.15) is 12.6 Å². The van der Waals surface area contributed by atoms with Crippen molar-refractivity contribution in [2.75, 3.05) is 41.0 Å². The molecule has 0 bridgehead atoms. The minimum Gasteiger partial charge on any atom is -0.544 e. The average Bonchev–Trinajstić information content (AvgIpc) is 3.28. The number of quaternary nitrogens is 1. The zero-order valence-corrected chi connectivity index (χ0v) is 44.6. The van der Waals surface area contributed by atoms with Crippen molar-refractivity contribution in [2.45, 2.75) is 302 Å². The fourth-order valence-electron chi connectivity index (χ4n) is 8.95. The number of likely N-dealkylation sites (N-methyl/N-ethyl adjacent to an activating group) is 1. The summed E-state index contributed by atoms with van der Waals surface area (Å²) in [5.41, 5.74) is 0. The highest BCUT2D eigenvalue weighted by Gasteiger charge is 2.25. The van der Waals surface area contributed by atoms with Gasteiger partial charge in [-0.2, -0.15) is 0 Å². The van der Waals surface area contributed by atoms with E-state index in [1.165, 1.54) is 218 Å². The van der Waals surface area contributed by atoms with Crippen LogP contribution in [0, 0.1) is 0 Å². The zero-order chi connectivity index (χ0) is 48.4. The van der Waals surface area contributed by atoms with Gasteiger partial charge in [0, 0.05) is 19.3 Å². The Bertz CT molecular complexity index is 1090. The fraction of sp³-hybridized carbons (Fsp3) is 0.914.